The fourth-order valence-corrected chi connectivity index (χ4v) is 1.03. The zero-order valence-corrected chi connectivity index (χ0v) is 6.65. The van der Waals surface area contributed by atoms with Gasteiger partial charge in [0.1, 0.15) is 0 Å². The number of rotatable bonds is 3. The summed E-state index contributed by atoms with van der Waals surface area (Å²) in [5.41, 5.74) is 0. The Bertz CT molecular complexity index is 259. The molecule has 0 aliphatic heterocycles. The molecule has 0 N–H and O–H groups in total. The average molecular weight is 206 g/mol. The maximum atomic E-state index is 11.9. The number of ether oxygens (including phenoxy) is 1. The van der Waals surface area contributed by atoms with Crippen LogP contribution in [0.4, 0.5) is 12.7 Å². The normalized spacial score (nSPS) is 14.4. The number of methoxy groups -OCH3 is 1. The second-order valence-electron chi connectivity index (χ2n) is 1.75. The number of carbonyl (C=O) groups excluding carboxylic acids is 1. The van der Waals surface area contributed by atoms with Crippen LogP contribution in [0.1, 0.15) is 0 Å². The molecule has 72 valence electrons. The van der Waals surface area contributed by atoms with E-state index in [1.807, 2.05) is 0 Å². The fraction of sp³-hybridized carbons (Fsp3) is 0.750. The second-order valence-corrected chi connectivity index (χ2v) is 3.21. The molecule has 0 amide bonds. The molecule has 0 radical (unpaired) electrons. The zero-order chi connectivity index (χ0) is 9.94. The van der Waals surface area contributed by atoms with Gasteiger partial charge in [-0.25, -0.2) is 8.78 Å². The molecule has 0 spiro atoms. The van der Waals surface area contributed by atoms with Gasteiger partial charge in [0.25, 0.3) is 6.43 Å². The first-order valence-electron chi connectivity index (χ1n) is 2.60. The van der Waals surface area contributed by atoms with Gasteiger partial charge in [0.2, 0.25) is 5.25 Å². The number of hydrogen-bond donors (Lipinski definition) is 0. The number of esters is 1. The van der Waals surface area contributed by atoms with Crippen molar-refractivity contribution in [2.24, 2.45) is 0 Å². The minimum Gasteiger partial charge on any atom is -0.468 e. The Morgan fingerprint density at radius 1 is 1.42 bits per heavy atom. The third-order valence-electron chi connectivity index (χ3n) is 0.966. The zero-order valence-electron chi connectivity index (χ0n) is 5.83. The van der Waals surface area contributed by atoms with Crippen LogP contribution in [0.15, 0.2) is 0 Å². The van der Waals surface area contributed by atoms with Crippen LogP contribution >= 0.6 is 0 Å². The van der Waals surface area contributed by atoms with Crippen molar-refractivity contribution >= 4 is 16.2 Å². The van der Waals surface area contributed by atoms with E-state index in [-0.39, 0.29) is 0 Å². The van der Waals surface area contributed by atoms with Gasteiger partial charge in [-0.15, -0.1) is 3.89 Å². The van der Waals surface area contributed by atoms with Crippen LogP contribution in [0.5, 0.6) is 0 Å². The summed E-state index contributed by atoms with van der Waals surface area (Å²) in [6, 6.07) is 0. The first kappa shape index (κ1) is 11.2. The van der Waals surface area contributed by atoms with Gasteiger partial charge < -0.3 is 4.74 Å². The molecular formula is C4H5F3O4S. The summed E-state index contributed by atoms with van der Waals surface area (Å²) in [5, 5.41) is -3.04. The summed E-state index contributed by atoms with van der Waals surface area (Å²) in [4.78, 5) is 10.3. The third kappa shape index (κ3) is 2.68. The first-order valence-corrected chi connectivity index (χ1v) is 4.04. The Labute approximate surface area is 66.5 Å². The lowest BCUT2D eigenvalue weighted by Crippen LogP contribution is -2.35. The van der Waals surface area contributed by atoms with E-state index in [9.17, 15) is 25.9 Å². The molecule has 0 aromatic carbocycles. The summed E-state index contributed by atoms with van der Waals surface area (Å²) >= 11 is 0. The van der Waals surface area contributed by atoms with Crippen LogP contribution in [0.25, 0.3) is 0 Å². The lowest BCUT2D eigenvalue weighted by Gasteiger charge is -2.07. The highest BCUT2D eigenvalue weighted by Crippen LogP contribution is 2.14. The van der Waals surface area contributed by atoms with Crippen molar-refractivity contribution in [3.05, 3.63) is 0 Å². The predicted octanol–water partition coefficient (Wildman–Crippen LogP) is 0.0924. The molecule has 0 saturated carbocycles. The predicted molar refractivity (Wildman–Crippen MR) is 31.8 cm³/mol. The van der Waals surface area contributed by atoms with Crippen molar-refractivity contribution in [2.75, 3.05) is 7.11 Å². The number of halogens is 3. The van der Waals surface area contributed by atoms with E-state index in [0.717, 1.165) is 0 Å². The van der Waals surface area contributed by atoms with Crippen molar-refractivity contribution in [1.82, 2.24) is 0 Å². The maximum absolute atomic E-state index is 11.9. The molecule has 0 aliphatic rings. The summed E-state index contributed by atoms with van der Waals surface area (Å²) in [6.07, 6.45) is -3.63. The summed E-state index contributed by atoms with van der Waals surface area (Å²) < 4.78 is 58.9. The van der Waals surface area contributed by atoms with E-state index in [1.54, 1.807) is 0 Å². The molecule has 12 heavy (non-hydrogen) atoms. The quantitative estimate of drug-likeness (QED) is 0.485. The van der Waals surface area contributed by atoms with Gasteiger partial charge in [0.05, 0.1) is 7.11 Å². The smallest absolute Gasteiger partial charge is 0.332 e. The van der Waals surface area contributed by atoms with Crippen LogP contribution in [0.2, 0.25) is 0 Å². The van der Waals surface area contributed by atoms with Gasteiger partial charge in [-0.1, -0.05) is 0 Å². The molecule has 0 aromatic heterocycles. The van der Waals surface area contributed by atoms with Gasteiger partial charge in [-0.05, 0) is 0 Å². The molecule has 0 heterocycles. The standard InChI is InChI=1S/C4H5F3O4S/c1-11-4(8)2(3(5)6)12(7,9)10/h2-3H,1H3. The topological polar surface area (TPSA) is 60.4 Å². The van der Waals surface area contributed by atoms with Crippen molar-refractivity contribution in [1.29, 1.82) is 0 Å². The molecule has 1 unspecified atom stereocenters. The molecule has 0 saturated heterocycles. The Morgan fingerprint density at radius 2 is 1.83 bits per heavy atom. The monoisotopic (exact) mass is 206 g/mol. The van der Waals surface area contributed by atoms with Gasteiger partial charge in [-0.2, -0.15) is 8.42 Å². The Balaban J connectivity index is 4.82. The van der Waals surface area contributed by atoms with Gasteiger partial charge in [0, 0.05) is 0 Å². The lowest BCUT2D eigenvalue weighted by molar-refractivity contribution is -0.142. The molecular weight excluding hydrogens is 201 g/mol. The number of hydrogen-bond acceptors (Lipinski definition) is 4. The molecule has 0 rings (SSSR count). The van der Waals surface area contributed by atoms with E-state index in [2.05, 4.69) is 4.74 Å². The highest BCUT2D eigenvalue weighted by atomic mass is 32.3. The van der Waals surface area contributed by atoms with Crippen molar-refractivity contribution < 1.29 is 30.6 Å². The summed E-state index contributed by atoms with van der Waals surface area (Å²) in [5.74, 6) is -1.81. The SMILES string of the molecule is COC(=O)C(C(F)F)S(=O)(=O)F. The summed E-state index contributed by atoms with van der Waals surface area (Å²) in [6.45, 7) is 0. The molecule has 0 aliphatic carbocycles. The first-order chi connectivity index (χ1) is 5.30. The third-order valence-corrected chi connectivity index (χ3v) is 1.97. The molecule has 8 heteroatoms. The van der Waals surface area contributed by atoms with E-state index >= 15 is 0 Å². The number of carbonyl (C=O) groups is 1. The van der Waals surface area contributed by atoms with Gasteiger partial charge in [0.15, 0.2) is 0 Å². The van der Waals surface area contributed by atoms with Crippen LogP contribution in [0.3, 0.4) is 0 Å². The van der Waals surface area contributed by atoms with Gasteiger partial charge >= 0.3 is 16.2 Å². The largest absolute Gasteiger partial charge is 0.468 e. The van der Waals surface area contributed by atoms with E-state index < -0.39 is 27.9 Å². The van der Waals surface area contributed by atoms with Crippen LogP contribution in [-0.2, 0) is 19.8 Å². The molecule has 0 bridgehead atoms. The van der Waals surface area contributed by atoms with Crippen molar-refractivity contribution in [3.63, 3.8) is 0 Å². The Kier molecular flexibility index (Phi) is 3.50. The van der Waals surface area contributed by atoms with Crippen LogP contribution in [0, 0.1) is 0 Å². The van der Waals surface area contributed by atoms with Crippen LogP contribution in [-0.4, -0.2) is 33.2 Å². The maximum Gasteiger partial charge on any atom is 0.332 e. The van der Waals surface area contributed by atoms with E-state index in [4.69, 9.17) is 0 Å². The lowest BCUT2D eigenvalue weighted by atomic mass is 10.4. The summed E-state index contributed by atoms with van der Waals surface area (Å²) in [7, 11) is -4.92. The Morgan fingerprint density at radius 3 is 1.92 bits per heavy atom. The van der Waals surface area contributed by atoms with Crippen molar-refractivity contribution in [2.45, 2.75) is 11.7 Å². The van der Waals surface area contributed by atoms with Gasteiger partial charge in [-0.3, -0.25) is 4.79 Å². The molecule has 0 fully saturated rings. The molecule has 0 aromatic rings. The minimum absolute atomic E-state index is 0.683. The highest BCUT2D eigenvalue weighted by molar-refractivity contribution is 7.87. The van der Waals surface area contributed by atoms with E-state index in [1.165, 1.54) is 0 Å². The van der Waals surface area contributed by atoms with E-state index in [0.29, 0.717) is 7.11 Å². The fourth-order valence-electron chi connectivity index (χ4n) is 0.457. The minimum atomic E-state index is -5.60. The molecule has 1 atom stereocenters. The van der Waals surface area contributed by atoms with Crippen LogP contribution < -0.4 is 0 Å². The second kappa shape index (κ2) is 3.74. The average Bonchev–Trinajstić information content (AvgIpc) is 1.83. The van der Waals surface area contributed by atoms with Crippen molar-refractivity contribution in [3.8, 4) is 0 Å². The molecule has 4 nitrogen and oxygen atoms in total. The Hall–Kier alpha value is -0.790. The highest BCUT2D eigenvalue weighted by Gasteiger charge is 2.42. The number of alkyl halides is 2.